The van der Waals surface area contributed by atoms with Crippen LogP contribution in [0, 0.1) is 0 Å². The van der Waals surface area contributed by atoms with Crippen LogP contribution < -0.4 is 34.3 Å². The van der Waals surface area contributed by atoms with Crippen molar-refractivity contribution in [1.29, 1.82) is 0 Å². The van der Waals surface area contributed by atoms with Gasteiger partial charge in [-0.1, -0.05) is 48.5 Å². The first-order valence-electron chi connectivity index (χ1n) is 37.0. The van der Waals surface area contributed by atoms with Crippen molar-refractivity contribution in [1.82, 2.24) is 4.90 Å². The van der Waals surface area contributed by atoms with Gasteiger partial charge in [0.1, 0.15) is 193 Å². The molecule has 14 bridgehead atoms. The van der Waals surface area contributed by atoms with Crippen LogP contribution in [0.2, 0.25) is 0 Å². The first-order chi connectivity index (χ1) is 55.9. The van der Waals surface area contributed by atoms with Crippen molar-refractivity contribution in [2.75, 3.05) is 46.2 Å². The number of hydrogen-bond acceptors (Lipinski definition) is 42. The molecule has 0 spiro atoms. The predicted molar refractivity (Wildman–Crippen MR) is 375 cm³/mol. The number of azo groups is 1. The van der Waals surface area contributed by atoms with Gasteiger partial charge < -0.3 is 178 Å². The molecule has 0 unspecified atom stereocenters. The molecule has 2 amide bonds. The first kappa shape index (κ1) is 90.2. The molecule has 0 aromatic heterocycles. The van der Waals surface area contributed by atoms with Crippen LogP contribution >= 0.6 is 0 Å². The number of carbonyl (C=O) groups excluding carboxylic acids is 2. The van der Waals surface area contributed by atoms with E-state index in [0.29, 0.717) is 16.9 Å². The van der Waals surface area contributed by atoms with Crippen LogP contribution in [0.3, 0.4) is 0 Å². The van der Waals surface area contributed by atoms with Crippen LogP contribution in [0.1, 0.15) is 26.3 Å². The zero-order valence-corrected chi connectivity index (χ0v) is 64.9. The molecule has 35 atom stereocenters. The van der Waals surface area contributed by atoms with E-state index in [0.717, 1.165) is 28.2 Å². The van der Waals surface area contributed by atoms with Crippen molar-refractivity contribution in [3.63, 3.8) is 0 Å². The van der Waals surface area contributed by atoms with Crippen LogP contribution in [-0.4, -0.2) is 393 Å². The normalized spacial score (nSPS) is 40.8. The smallest absolute Gasteiger partial charge is 0.744 e. The molecule has 0 aliphatic carbocycles. The monoisotopic (exact) mass is 1700 g/mol. The number of carbonyl (C=O) groups is 2. The van der Waals surface area contributed by atoms with E-state index < -0.39 is 288 Å². The number of imide groups is 1. The zero-order chi connectivity index (χ0) is 83.5. The van der Waals surface area contributed by atoms with Gasteiger partial charge in [0.15, 0.2) is 44.0 Å². The van der Waals surface area contributed by atoms with E-state index in [2.05, 4.69) is 10.2 Å². The van der Waals surface area contributed by atoms with E-state index in [1.165, 1.54) is 42.5 Å². The Labute approximate surface area is 690 Å². The molecule has 20 N–H and O–H groups in total. The third kappa shape index (κ3) is 18.1. The third-order valence-corrected chi connectivity index (χ3v) is 22.6. The summed E-state index contributed by atoms with van der Waals surface area (Å²) < 4.78 is 124. The van der Waals surface area contributed by atoms with E-state index in [4.69, 9.17) is 71.1 Å². The Hall–Kier alpha value is -5.55. The number of ether oxygens (including phenoxy) is 15. The Bertz CT molecular complexity index is 4370. The van der Waals surface area contributed by atoms with Gasteiger partial charge in [-0.3, -0.25) is 14.5 Å². The topological polar surface area (TPSA) is 662 Å². The molecule has 22 aliphatic heterocycles. The van der Waals surface area contributed by atoms with Crippen LogP contribution in [0.25, 0.3) is 21.9 Å². The molecule has 642 valence electrons. The molecule has 5 aromatic rings. The maximum Gasteiger partial charge on any atom is 1.00 e. The fourth-order valence-electron chi connectivity index (χ4n) is 15.4. The van der Waals surface area contributed by atoms with E-state index in [-0.39, 0.29) is 63.8 Å². The van der Waals surface area contributed by atoms with Gasteiger partial charge in [-0.15, -0.1) is 0 Å². The number of aliphatic hydroxyl groups excluding tert-OH is 20. The molecule has 21 saturated heterocycles. The van der Waals surface area contributed by atoms with Gasteiger partial charge >= 0.3 is 29.6 Å². The van der Waals surface area contributed by atoms with Crippen LogP contribution in [0.15, 0.2) is 118 Å². The molecular weight excluding hydrogens is 1610 g/mol. The van der Waals surface area contributed by atoms with Crippen molar-refractivity contribution < 1.29 is 225 Å². The van der Waals surface area contributed by atoms with Gasteiger partial charge in [0.2, 0.25) is 0 Å². The average Bonchev–Trinajstić information content (AvgIpc) is 0.739. The third-order valence-electron chi connectivity index (χ3n) is 21.8. The van der Waals surface area contributed by atoms with Crippen molar-refractivity contribution in [3.05, 3.63) is 120 Å². The Morgan fingerprint density at radius 2 is 0.644 bits per heavy atom. The second-order valence-electron chi connectivity index (χ2n) is 29.2. The van der Waals surface area contributed by atoms with Gasteiger partial charge in [0.05, 0.1) is 62.5 Å². The van der Waals surface area contributed by atoms with E-state index >= 15 is 0 Å². The van der Waals surface area contributed by atoms with Crippen molar-refractivity contribution in [3.8, 4) is 16.9 Å². The second kappa shape index (κ2) is 37.9. The summed E-state index contributed by atoms with van der Waals surface area (Å²) in [4.78, 5) is 27.8. The molecule has 22 heterocycles. The summed E-state index contributed by atoms with van der Waals surface area (Å²) in [7, 11) is -4.95. The van der Waals surface area contributed by atoms with E-state index in [1.807, 2.05) is 0 Å². The Kier molecular flexibility index (Phi) is 29.0. The summed E-state index contributed by atoms with van der Waals surface area (Å²) in [5, 5.41) is 236. The first-order valence-corrected chi connectivity index (χ1v) is 38.4. The molecule has 21 fully saturated rings. The molecule has 22 aliphatic rings. The molecule has 118 heavy (non-hydrogen) atoms. The van der Waals surface area contributed by atoms with Gasteiger partial charge in [-0.25, -0.2) is 8.42 Å². The van der Waals surface area contributed by atoms with Crippen LogP contribution in [-0.2, 0) is 83.0 Å². The summed E-state index contributed by atoms with van der Waals surface area (Å²) >= 11 is 0. The summed E-state index contributed by atoms with van der Waals surface area (Å²) in [5.74, 6) is -1.30. The Morgan fingerprint density at radius 3 is 0.958 bits per heavy atom. The van der Waals surface area contributed by atoms with Crippen molar-refractivity contribution >= 4 is 44.1 Å². The number of hydrogen-bond donors (Lipinski definition) is 20. The van der Waals surface area contributed by atoms with Gasteiger partial charge in [-0.05, 0) is 76.7 Å². The van der Waals surface area contributed by atoms with Crippen LogP contribution in [0.4, 0.5) is 11.4 Å². The Morgan fingerprint density at radius 1 is 0.356 bits per heavy atom. The SMILES string of the molecule is O=C1c2cccc3cc(S(=O)(=O)[O-])cc(c23)C(=O)N1Cc1ccc(-c2ccc(N=Nc3ccc(OC[C@H]4O[C@@H]5O[C@H]6[C@H](O)[C@@H](O)[C@@H](O[C@H]7[C@H](O)[C@@H](O)[C@@H](O[C@H]8[C@H](O)[C@@H](O)[C@@H](O[C@H]9[C@H](O)[C@@H](O)[C@@H](O[C@H]%10[C@H](O)[C@@H](O)[C@@H](O[C@H]%11[C@H](O)[C@@H](O)[C@@H](O[C@H]4[C@H](O)[C@H]5O)O[C@@H]%11CO)O[C@@H]%10CO)O[C@@H]9CO)O[C@@H]8CO)O[C@@H]7CO)O[C@@H]6CO)cc3)cc2)cc1.[Na+]. The standard InChI is InChI=1S/C73H89N3O40S.Na/c77-19-36-58-45(84)52(91)68(104-36)112-60-38(21-79)106-70(54(93)47(60)86)114-62-40(23-81)108-72(56(95)49(62)88)116-64-42(109-73(57(96)50(64)89)115-63-41(24-82)107-71(55(94)48(63)87)113-61-39(22-80)105-69(53(92)46(61)85)111-59-37(20-78)103-67(110-58)51(90)44(59)83)25-102-32-14-12-31(13-15-32)75-74-30-10-8-28(9-11-30)27-6-4-26(5-7-27)18-76-65(97)34-3-1-2-29-16-33(117(99,100)101)17-35(43(29)34)66(76)98;/h1-17,36-42,44-64,67-73,77-96H,18-25H2,(H,99,100,101);/q;+1/p-1/t36-,37-,38-,39-,40-,41-,42-,44-,45-,46-,47-,48-,49-,50-,51-,52-,53-,54-,55-,56-,57-,58-,59-,60-,61-,62-,63-,64-,67-,68-,69-,70-,71-,72-,73-;/m1./s1. The van der Waals surface area contributed by atoms with Crippen LogP contribution in [0.5, 0.6) is 5.75 Å². The maximum atomic E-state index is 13.7. The molecular formula is C73H88N3NaO40S. The maximum absolute atomic E-state index is 13.7. The zero-order valence-electron chi connectivity index (χ0n) is 62.0. The number of amides is 2. The molecule has 0 saturated carbocycles. The summed E-state index contributed by atoms with van der Waals surface area (Å²) in [6, 6.07) is 26.3. The molecule has 0 radical (unpaired) electrons. The number of benzene rings is 5. The minimum absolute atomic E-state index is 0. The van der Waals surface area contributed by atoms with E-state index in [9.17, 15) is 125 Å². The minimum Gasteiger partial charge on any atom is -0.744 e. The molecule has 27 rings (SSSR count). The quantitative estimate of drug-likeness (QED) is 0.0200. The largest absolute Gasteiger partial charge is 1.00 e. The van der Waals surface area contributed by atoms with Gasteiger partial charge in [0, 0.05) is 16.5 Å². The van der Waals surface area contributed by atoms with Crippen molar-refractivity contribution in [2.45, 2.75) is 226 Å². The fourth-order valence-corrected chi connectivity index (χ4v) is 16.0. The van der Waals surface area contributed by atoms with Gasteiger partial charge in [0.25, 0.3) is 11.8 Å². The molecule has 5 aromatic carbocycles. The second-order valence-corrected chi connectivity index (χ2v) is 30.6. The fraction of sp³-hybridized carbons (Fsp3) is 0.589. The number of nitrogens with zero attached hydrogens (tertiary/aromatic N) is 3. The summed E-state index contributed by atoms with van der Waals surface area (Å²) in [6.07, 6.45) is -72.2. The Balaban J connectivity index is 0.0000121. The van der Waals surface area contributed by atoms with Crippen molar-refractivity contribution in [2.24, 2.45) is 10.2 Å². The predicted octanol–water partition coefficient (Wildman–Crippen LogP) is -11.2. The number of aliphatic hydroxyl groups is 20. The summed E-state index contributed by atoms with van der Waals surface area (Å²) in [5.41, 5.74) is 2.81. The van der Waals surface area contributed by atoms with E-state index in [1.54, 1.807) is 48.5 Å². The minimum atomic E-state index is -4.95. The average molecular weight is 1700 g/mol. The molecule has 43 nitrogen and oxygen atoms in total. The van der Waals surface area contributed by atoms with Gasteiger partial charge in [-0.2, -0.15) is 10.2 Å². The summed E-state index contributed by atoms with van der Waals surface area (Å²) in [6.45, 7) is -7.39. The molecule has 45 heteroatoms. The number of rotatable bonds is 15.